The first-order valence-electron chi connectivity index (χ1n) is 7.65. The zero-order valence-corrected chi connectivity index (χ0v) is 12.9. The summed E-state index contributed by atoms with van der Waals surface area (Å²) in [5.41, 5.74) is 1.05. The lowest BCUT2D eigenvalue weighted by molar-refractivity contribution is 0.0954. The maximum Gasteiger partial charge on any atom is 0.173 e. The van der Waals surface area contributed by atoms with Crippen LogP contribution in [0, 0.1) is 5.92 Å². The molecule has 2 nitrogen and oxygen atoms in total. The summed E-state index contributed by atoms with van der Waals surface area (Å²) in [5.74, 6) is 1.14. The monoisotopic (exact) mass is 300 g/mol. The van der Waals surface area contributed by atoms with Crippen molar-refractivity contribution in [3.8, 4) is 16.2 Å². The van der Waals surface area contributed by atoms with E-state index in [9.17, 15) is 9.90 Å². The minimum atomic E-state index is 0.268. The molecule has 110 valence electrons. The quantitative estimate of drug-likeness (QED) is 0.781. The first-order chi connectivity index (χ1) is 10.2. The number of phenols is 1. The van der Waals surface area contributed by atoms with Crippen LogP contribution in [0.5, 0.6) is 5.75 Å². The van der Waals surface area contributed by atoms with Gasteiger partial charge in [-0.15, -0.1) is 11.3 Å². The Bertz CT molecular complexity index is 606. The van der Waals surface area contributed by atoms with Gasteiger partial charge in [0.1, 0.15) is 5.75 Å². The maximum absolute atomic E-state index is 12.4. The fourth-order valence-electron chi connectivity index (χ4n) is 3.02. The predicted molar refractivity (Wildman–Crippen MR) is 86.9 cm³/mol. The van der Waals surface area contributed by atoms with Crippen molar-refractivity contribution in [2.45, 2.75) is 38.5 Å². The number of phenolic OH excluding ortho intramolecular Hbond substituents is 1. The van der Waals surface area contributed by atoms with Crippen LogP contribution >= 0.6 is 11.3 Å². The number of carbonyl (C=O) groups is 1. The Labute approximate surface area is 129 Å². The molecule has 1 N–H and O–H groups in total. The highest BCUT2D eigenvalue weighted by Crippen LogP contribution is 2.32. The smallest absolute Gasteiger partial charge is 0.173 e. The number of Topliss-reactive ketones (excluding diaryl/α,β-unsaturated/α-hetero) is 1. The Kier molecular flexibility index (Phi) is 4.39. The molecule has 1 aromatic carbocycles. The molecule has 3 heteroatoms. The van der Waals surface area contributed by atoms with Crippen LogP contribution in [0.2, 0.25) is 0 Å². The summed E-state index contributed by atoms with van der Waals surface area (Å²) in [7, 11) is 0. The normalized spacial score (nSPS) is 16.0. The van der Waals surface area contributed by atoms with Crippen LogP contribution in [0.25, 0.3) is 10.4 Å². The van der Waals surface area contributed by atoms with Gasteiger partial charge in [-0.3, -0.25) is 4.79 Å². The molecule has 0 aliphatic heterocycles. The summed E-state index contributed by atoms with van der Waals surface area (Å²) in [6.45, 7) is 0. The molecule has 0 spiro atoms. The van der Waals surface area contributed by atoms with Gasteiger partial charge >= 0.3 is 0 Å². The van der Waals surface area contributed by atoms with Crippen LogP contribution < -0.4 is 0 Å². The van der Waals surface area contributed by atoms with Gasteiger partial charge in [-0.2, -0.15) is 0 Å². The first kappa shape index (κ1) is 14.3. The molecule has 0 radical (unpaired) electrons. The highest BCUT2D eigenvalue weighted by molar-refractivity contribution is 7.17. The van der Waals surface area contributed by atoms with E-state index in [0.29, 0.717) is 12.3 Å². The molecule has 1 saturated carbocycles. The summed E-state index contributed by atoms with van der Waals surface area (Å²) in [4.78, 5) is 14.3. The standard InChI is InChI=1S/C18H20O2S/c19-15-8-6-14(7-9-15)17-10-11-18(21-17)16(20)12-13-4-2-1-3-5-13/h6-11,13,19H,1-5,12H2. The van der Waals surface area contributed by atoms with E-state index in [1.165, 1.54) is 32.1 Å². The molecule has 1 aliphatic carbocycles. The van der Waals surface area contributed by atoms with Gasteiger partial charge < -0.3 is 5.11 Å². The molecule has 0 atom stereocenters. The molecule has 1 fully saturated rings. The zero-order chi connectivity index (χ0) is 14.7. The molecule has 0 bridgehead atoms. The van der Waals surface area contributed by atoms with Gasteiger partial charge in [-0.05, 0) is 47.9 Å². The van der Waals surface area contributed by atoms with Gasteiger partial charge in [0.05, 0.1) is 4.88 Å². The average molecular weight is 300 g/mol. The van der Waals surface area contributed by atoms with Crippen molar-refractivity contribution in [3.63, 3.8) is 0 Å². The fourth-order valence-corrected chi connectivity index (χ4v) is 3.98. The lowest BCUT2D eigenvalue weighted by atomic mass is 9.85. The van der Waals surface area contributed by atoms with Crippen molar-refractivity contribution in [1.82, 2.24) is 0 Å². The molecule has 0 saturated heterocycles. The average Bonchev–Trinajstić information content (AvgIpc) is 2.99. The van der Waals surface area contributed by atoms with Crippen molar-refractivity contribution < 1.29 is 9.90 Å². The molecule has 3 rings (SSSR count). The van der Waals surface area contributed by atoms with Gasteiger partial charge in [0, 0.05) is 11.3 Å². The second kappa shape index (κ2) is 6.44. The first-order valence-corrected chi connectivity index (χ1v) is 8.46. The lowest BCUT2D eigenvalue weighted by Crippen LogP contribution is -2.11. The van der Waals surface area contributed by atoms with Gasteiger partial charge in [0.25, 0.3) is 0 Å². The van der Waals surface area contributed by atoms with E-state index in [1.807, 2.05) is 24.3 Å². The highest BCUT2D eigenvalue weighted by atomic mass is 32.1. The summed E-state index contributed by atoms with van der Waals surface area (Å²) < 4.78 is 0. The summed E-state index contributed by atoms with van der Waals surface area (Å²) >= 11 is 1.56. The number of carbonyl (C=O) groups excluding carboxylic acids is 1. The van der Waals surface area contributed by atoms with Crippen molar-refractivity contribution in [2.75, 3.05) is 0 Å². The van der Waals surface area contributed by atoms with Crippen LogP contribution in [0.3, 0.4) is 0 Å². The number of rotatable bonds is 4. The second-order valence-electron chi connectivity index (χ2n) is 5.84. The SMILES string of the molecule is O=C(CC1CCCCC1)c1ccc(-c2ccc(O)cc2)s1. The minimum absolute atomic E-state index is 0.268. The van der Waals surface area contributed by atoms with E-state index in [1.54, 1.807) is 23.5 Å². The second-order valence-corrected chi connectivity index (χ2v) is 6.93. The number of ketones is 1. The molecule has 0 unspecified atom stereocenters. The molecule has 1 heterocycles. The third kappa shape index (κ3) is 3.53. The van der Waals surface area contributed by atoms with Gasteiger partial charge in [0.15, 0.2) is 5.78 Å². The number of hydrogen-bond donors (Lipinski definition) is 1. The van der Waals surface area contributed by atoms with E-state index >= 15 is 0 Å². The van der Waals surface area contributed by atoms with Crippen molar-refractivity contribution in [3.05, 3.63) is 41.3 Å². The van der Waals surface area contributed by atoms with Crippen LogP contribution in [0.4, 0.5) is 0 Å². The number of aromatic hydroxyl groups is 1. The van der Waals surface area contributed by atoms with Gasteiger partial charge in [0.2, 0.25) is 0 Å². The predicted octanol–water partition coefficient (Wildman–Crippen LogP) is 5.27. The van der Waals surface area contributed by atoms with Crippen molar-refractivity contribution in [2.24, 2.45) is 5.92 Å². The lowest BCUT2D eigenvalue weighted by Gasteiger charge is -2.20. The van der Waals surface area contributed by atoms with Crippen molar-refractivity contribution >= 4 is 17.1 Å². The molecule has 21 heavy (non-hydrogen) atoms. The van der Waals surface area contributed by atoms with Crippen LogP contribution in [0.1, 0.15) is 48.2 Å². The Morgan fingerprint density at radius 3 is 2.48 bits per heavy atom. The van der Waals surface area contributed by atoms with Crippen LogP contribution in [-0.2, 0) is 0 Å². The Balaban J connectivity index is 1.69. The van der Waals surface area contributed by atoms with Crippen LogP contribution in [0.15, 0.2) is 36.4 Å². The third-order valence-electron chi connectivity index (χ3n) is 4.23. The summed E-state index contributed by atoms with van der Waals surface area (Å²) in [5, 5.41) is 9.33. The minimum Gasteiger partial charge on any atom is -0.508 e. The van der Waals surface area contributed by atoms with E-state index in [0.717, 1.165) is 15.3 Å². The van der Waals surface area contributed by atoms with E-state index in [4.69, 9.17) is 0 Å². The third-order valence-corrected chi connectivity index (χ3v) is 5.41. The Hall–Kier alpha value is -1.61. The molecular weight excluding hydrogens is 280 g/mol. The summed E-state index contributed by atoms with van der Waals surface area (Å²) in [6.07, 6.45) is 7.01. The van der Waals surface area contributed by atoms with E-state index in [2.05, 4.69) is 0 Å². The van der Waals surface area contributed by atoms with Crippen LogP contribution in [-0.4, -0.2) is 10.9 Å². The van der Waals surface area contributed by atoms with E-state index < -0.39 is 0 Å². The van der Waals surface area contributed by atoms with Gasteiger partial charge in [-0.1, -0.05) is 32.1 Å². The zero-order valence-electron chi connectivity index (χ0n) is 12.0. The largest absolute Gasteiger partial charge is 0.508 e. The molecule has 1 aromatic heterocycles. The van der Waals surface area contributed by atoms with Gasteiger partial charge in [-0.25, -0.2) is 0 Å². The fraction of sp³-hybridized carbons (Fsp3) is 0.389. The van der Waals surface area contributed by atoms with Crippen molar-refractivity contribution in [1.29, 1.82) is 0 Å². The molecule has 2 aromatic rings. The Morgan fingerprint density at radius 2 is 1.76 bits per heavy atom. The Morgan fingerprint density at radius 1 is 1.05 bits per heavy atom. The maximum atomic E-state index is 12.4. The molecule has 1 aliphatic rings. The molecule has 0 amide bonds. The molecular formula is C18H20O2S. The highest BCUT2D eigenvalue weighted by Gasteiger charge is 2.19. The number of thiophene rings is 1. The summed E-state index contributed by atoms with van der Waals surface area (Å²) in [6, 6.07) is 11.1. The number of benzene rings is 1. The number of hydrogen-bond acceptors (Lipinski definition) is 3. The topological polar surface area (TPSA) is 37.3 Å². The van der Waals surface area contributed by atoms with E-state index in [-0.39, 0.29) is 11.5 Å².